The smallest absolute Gasteiger partial charge is 0.190 e. The summed E-state index contributed by atoms with van der Waals surface area (Å²) in [5, 5.41) is 12.6. The van der Waals surface area contributed by atoms with Crippen LogP contribution in [0.5, 0.6) is 0 Å². The van der Waals surface area contributed by atoms with Gasteiger partial charge in [-0.3, -0.25) is 0 Å². The number of aromatic nitrogens is 3. The van der Waals surface area contributed by atoms with Gasteiger partial charge in [0.2, 0.25) is 0 Å². The summed E-state index contributed by atoms with van der Waals surface area (Å²) >= 11 is 1.73. The van der Waals surface area contributed by atoms with Crippen molar-refractivity contribution in [1.29, 1.82) is 0 Å². The first-order valence-corrected chi connectivity index (χ1v) is 7.55. The van der Waals surface area contributed by atoms with Crippen LogP contribution in [0.25, 0.3) is 0 Å². The first-order chi connectivity index (χ1) is 9.31. The summed E-state index contributed by atoms with van der Waals surface area (Å²) in [6.07, 6.45) is 2.87. The van der Waals surface area contributed by atoms with Crippen molar-refractivity contribution in [1.82, 2.24) is 20.1 Å². The van der Waals surface area contributed by atoms with Crippen molar-refractivity contribution in [3.63, 3.8) is 0 Å². The number of hydrogen-bond donors (Lipinski definition) is 1. The summed E-state index contributed by atoms with van der Waals surface area (Å²) in [5.74, 6) is 0.955. The summed E-state index contributed by atoms with van der Waals surface area (Å²) in [4.78, 5) is 0. The standard InChI is InChI=1S/C14H20N4S/c1-3-9-15-13(12-7-5-4-6-8-12)10-19-14-17-16-11-18(14)2/h4-8,11,13,15H,3,9-10H2,1-2H3. The van der Waals surface area contributed by atoms with Crippen LogP contribution < -0.4 is 5.32 Å². The van der Waals surface area contributed by atoms with E-state index < -0.39 is 0 Å². The molecule has 0 saturated carbocycles. The molecule has 1 aromatic carbocycles. The van der Waals surface area contributed by atoms with Gasteiger partial charge in [0.1, 0.15) is 6.33 Å². The Hall–Kier alpha value is -1.33. The van der Waals surface area contributed by atoms with Crippen LogP contribution in [-0.2, 0) is 7.05 Å². The molecule has 2 rings (SSSR count). The third-order valence-corrected chi connectivity index (χ3v) is 4.02. The lowest BCUT2D eigenvalue weighted by Gasteiger charge is -2.18. The molecule has 0 aliphatic heterocycles. The van der Waals surface area contributed by atoms with E-state index in [1.54, 1.807) is 18.1 Å². The molecular formula is C14H20N4S. The van der Waals surface area contributed by atoms with Crippen LogP contribution in [0.15, 0.2) is 41.8 Å². The minimum absolute atomic E-state index is 0.350. The predicted octanol–water partition coefficient (Wildman–Crippen LogP) is 2.65. The van der Waals surface area contributed by atoms with Crippen molar-refractivity contribution in [2.75, 3.05) is 12.3 Å². The maximum Gasteiger partial charge on any atom is 0.190 e. The zero-order chi connectivity index (χ0) is 13.5. The van der Waals surface area contributed by atoms with Crippen LogP contribution in [0.4, 0.5) is 0 Å². The van der Waals surface area contributed by atoms with Gasteiger partial charge in [-0.05, 0) is 18.5 Å². The van der Waals surface area contributed by atoms with E-state index in [2.05, 4.69) is 52.8 Å². The molecule has 1 heterocycles. The summed E-state index contributed by atoms with van der Waals surface area (Å²) < 4.78 is 1.95. The number of thioether (sulfide) groups is 1. The van der Waals surface area contributed by atoms with E-state index in [1.165, 1.54) is 5.56 Å². The number of aryl methyl sites for hydroxylation is 1. The molecule has 0 amide bonds. The van der Waals surface area contributed by atoms with E-state index in [-0.39, 0.29) is 0 Å². The maximum absolute atomic E-state index is 4.11. The normalized spacial score (nSPS) is 12.5. The highest BCUT2D eigenvalue weighted by Crippen LogP contribution is 2.22. The van der Waals surface area contributed by atoms with Crippen molar-refractivity contribution in [2.45, 2.75) is 24.5 Å². The van der Waals surface area contributed by atoms with Gasteiger partial charge >= 0.3 is 0 Å². The maximum atomic E-state index is 4.11. The lowest BCUT2D eigenvalue weighted by Crippen LogP contribution is -2.24. The molecule has 0 saturated heterocycles. The highest BCUT2D eigenvalue weighted by Gasteiger charge is 2.12. The van der Waals surface area contributed by atoms with E-state index in [0.29, 0.717) is 6.04 Å². The average molecular weight is 276 g/mol. The number of rotatable bonds is 7. The number of nitrogens with one attached hydrogen (secondary N) is 1. The SMILES string of the molecule is CCCNC(CSc1nncn1C)c1ccccc1. The molecule has 0 bridgehead atoms. The molecule has 0 radical (unpaired) electrons. The largest absolute Gasteiger partial charge is 0.312 e. The van der Waals surface area contributed by atoms with Gasteiger partial charge in [0.25, 0.3) is 0 Å². The van der Waals surface area contributed by atoms with E-state index in [0.717, 1.165) is 23.9 Å². The van der Waals surface area contributed by atoms with Crippen molar-refractivity contribution in [3.05, 3.63) is 42.2 Å². The summed E-state index contributed by atoms with van der Waals surface area (Å²) in [7, 11) is 1.97. The van der Waals surface area contributed by atoms with Gasteiger partial charge in [0, 0.05) is 18.8 Å². The topological polar surface area (TPSA) is 42.7 Å². The predicted molar refractivity (Wildman–Crippen MR) is 79.2 cm³/mol. The molecule has 1 N–H and O–H groups in total. The van der Waals surface area contributed by atoms with Crippen LogP contribution in [0.3, 0.4) is 0 Å². The summed E-state index contributed by atoms with van der Waals surface area (Å²) in [6, 6.07) is 10.9. The van der Waals surface area contributed by atoms with Crippen molar-refractivity contribution in [2.24, 2.45) is 7.05 Å². The first kappa shape index (κ1) is 14.1. The molecule has 1 aromatic heterocycles. The molecule has 0 aliphatic rings. The van der Waals surface area contributed by atoms with Gasteiger partial charge in [0.05, 0.1) is 0 Å². The highest BCUT2D eigenvalue weighted by molar-refractivity contribution is 7.99. The van der Waals surface area contributed by atoms with Gasteiger partial charge in [-0.2, -0.15) is 0 Å². The molecule has 1 unspecified atom stereocenters. The van der Waals surface area contributed by atoms with Crippen molar-refractivity contribution >= 4 is 11.8 Å². The molecule has 0 spiro atoms. The van der Waals surface area contributed by atoms with Crippen LogP contribution in [-0.4, -0.2) is 27.1 Å². The molecule has 1 atom stereocenters. The van der Waals surface area contributed by atoms with Gasteiger partial charge in [-0.1, -0.05) is 49.0 Å². The van der Waals surface area contributed by atoms with Crippen molar-refractivity contribution in [3.8, 4) is 0 Å². The Balaban J connectivity index is 2.00. The fourth-order valence-electron chi connectivity index (χ4n) is 1.84. The molecule has 0 fully saturated rings. The highest BCUT2D eigenvalue weighted by atomic mass is 32.2. The van der Waals surface area contributed by atoms with E-state index in [9.17, 15) is 0 Å². The van der Waals surface area contributed by atoms with E-state index in [1.807, 2.05) is 11.6 Å². The Morgan fingerprint density at radius 2 is 2.11 bits per heavy atom. The Kier molecular flexibility index (Phi) is 5.42. The van der Waals surface area contributed by atoms with E-state index >= 15 is 0 Å². The number of benzene rings is 1. The molecule has 2 aromatic rings. The van der Waals surface area contributed by atoms with Crippen LogP contribution >= 0.6 is 11.8 Å². The second-order valence-electron chi connectivity index (χ2n) is 4.45. The third-order valence-electron chi connectivity index (χ3n) is 2.89. The third kappa shape index (κ3) is 4.08. The minimum Gasteiger partial charge on any atom is -0.312 e. The van der Waals surface area contributed by atoms with Gasteiger partial charge in [-0.25, -0.2) is 0 Å². The zero-order valence-electron chi connectivity index (χ0n) is 11.4. The molecule has 0 aliphatic carbocycles. The second-order valence-corrected chi connectivity index (χ2v) is 5.44. The number of hydrogen-bond acceptors (Lipinski definition) is 4. The molecule has 19 heavy (non-hydrogen) atoms. The first-order valence-electron chi connectivity index (χ1n) is 6.56. The Bertz CT molecular complexity index is 483. The fourth-order valence-corrected chi connectivity index (χ4v) is 2.82. The Morgan fingerprint density at radius 3 is 2.74 bits per heavy atom. The number of nitrogens with zero attached hydrogens (tertiary/aromatic N) is 3. The fraction of sp³-hybridized carbons (Fsp3) is 0.429. The van der Waals surface area contributed by atoms with E-state index in [4.69, 9.17) is 0 Å². The quantitative estimate of drug-likeness (QED) is 0.790. The van der Waals surface area contributed by atoms with Crippen molar-refractivity contribution < 1.29 is 0 Å². The van der Waals surface area contributed by atoms with Gasteiger partial charge in [-0.15, -0.1) is 10.2 Å². The van der Waals surface area contributed by atoms with Gasteiger partial charge in [0.15, 0.2) is 5.16 Å². The summed E-state index contributed by atoms with van der Waals surface area (Å²) in [6.45, 7) is 3.21. The summed E-state index contributed by atoms with van der Waals surface area (Å²) in [5.41, 5.74) is 1.32. The monoisotopic (exact) mass is 276 g/mol. The average Bonchev–Trinajstić information content (AvgIpc) is 2.85. The van der Waals surface area contributed by atoms with Gasteiger partial charge < -0.3 is 9.88 Å². The lowest BCUT2D eigenvalue weighted by atomic mass is 10.1. The molecule has 102 valence electrons. The van der Waals surface area contributed by atoms with Crippen LogP contribution in [0, 0.1) is 0 Å². The minimum atomic E-state index is 0.350. The lowest BCUT2D eigenvalue weighted by molar-refractivity contribution is 0.576. The Morgan fingerprint density at radius 1 is 1.32 bits per heavy atom. The molecule has 4 nitrogen and oxygen atoms in total. The van der Waals surface area contributed by atoms with Crippen LogP contribution in [0.2, 0.25) is 0 Å². The Labute approximate surface area is 118 Å². The molecular weight excluding hydrogens is 256 g/mol. The zero-order valence-corrected chi connectivity index (χ0v) is 12.2. The van der Waals surface area contributed by atoms with Crippen LogP contribution in [0.1, 0.15) is 24.9 Å². The second kappa shape index (κ2) is 7.31. The molecule has 5 heteroatoms.